The van der Waals surface area contributed by atoms with Crippen molar-refractivity contribution in [1.29, 1.82) is 0 Å². The van der Waals surface area contributed by atoms with Gasteiger partial charge in [-0.05, 0) is 25.2 Å². The minimum absolute atomic E-state index is 0.110. The molecular formula is C45H83O11P. The van der Waals surface area contributed by atoms with Gasteiger partial charge in [-0.3, -0.25) is 14.1 Å². The number of hydrogen-bond donors (Lipinski definition) is 5. The van der Waals surface area contributed by atoms with Crippen molar-refractivity contribution in [3.63, 3.8) is 0 Å². The minimum atomic E-state index is -4.83. The van der Waals surface area contributed by atoms with Crippen LogP contribution in [0.25, 0.3) is 0 Å². The van der Waals surface area contributed by atoms with Crippen LogP contribution in [-0.4, -0.2) is 74.7 Å². The molecule has 0 unspecified atom stereocenters. The predicted octanol–water partition coefficient (Wildman–Crippen LogP) is 10.3. The van der Waals surface area contributed by atoms with E-state index in [4.69, 9.17) is 19.3 Å². The van der Waals surface area contributed by atoms with Gasteiger partial charge in [0.05, 0.1) is 31.3 Å². The highest BCUT2D eigenvalue weighted by atomic mass is 31.2. The Morgan fingerprint density at radius 1 is 0.667 bits per heavy atom. The molecule has 0 amide bonds. The number of rotatable bonds is 38. The number of phosphoric acid groups is 1. The maximum atomic E-state index is 12.5. The number of aliphatic hydroxyl groups is 3. The van der Waals surface area contributed by atoms with Crippen LogP contribution in [0.3, 0.4) is 0 Å². The van der Waals surface area contributed by atoms with Crippen molar-refractivity contribution >= 4 is 19.8 Å². The van der Waals surface area contributed by atoms with E-state index in [1.165, 1.54) is 109 Å². The van der Waals surface area contributed by atoms with E-state index in [1.807, 2.05) is 0 Å². The zero-order valence-electron chi connectivity index (χ0n) is 35.8. The molecule has 0 bridgehead atoms. The summed E-state index contributed by atoms with van der Waals surface area (Å²) in [6, 6.07) is 0. The van der Waals surface area contributed by atoms with Crippen LogP contribution in [-0.2, 0) is 28.2 Å². The molecule has 11 nitrogen and oxygen atoms in total. The molecule has 0 heterocycles. The Kier molecular flexibility index (Phi) is 33.0. The maximum absolute atomic E-state index is 12.5. The first kappa shape index (κ1) is 53.4. The molecular weight excluding hydrogens is 747 g/mol. The molecule has 0 aromatic rings. The molecule has 0 aliphatic heterocycles. The predicted molar refractivity (Wildman–Crippen MR) is 227 cm³/mol. The molecule has 1 fully saturated rings. The normalized spacial score (nSPS) is 19.8. The van der Waals surface area contributed by atoms with Crippen molar-refractivity contribution in [2.24, 2.45) is 11.8 Å². The van der Waals surface area contributed by atoms with Crippen LogP contribution in [0.2, 0.25) is 0 Å². The molecule has 1 rings (SSSR count). The van der Waals surface area contributed by atoms with Gasteiger partial charge in [-0.25, -0.2) is 4.57 Å². The molecule has 0 radical (unpaired) electrons. The third kappa shape index (κ3) is 31.0. The molecule has 6 atom stereocenters. The van der Waals surface area contributed by atoms with E-state index in [0.717, 1.165) is 38.5 Å². The van der Waals surface area contributed by atoms with Gasteiger partial charge in [0.25, 0.3) is 0 Å². The first-order chi connectivity index (χ1) is 27.5. The summed E-state index contributed by atoms with van der Waals surface area (Å²) in [5, 5.41) is 31.2. The zero-order valence-corrected chi connectivity index (χ0v) is 36.7. The number of hydrogen-bond acceptors (Lipinski definition) is 9. The Labute approximate surface area is 346 Å². The van der Waals surface area contributed by atoms with Crippen molar-refractivity contribution in [3.05, 3.63) is 24.3 Å². The second-order valence-electron chi connectivity index (χ2n) is 16.4. The van der Waals surface area contributed by atoms with Gasteiger partial charge in [0.15, 0.2) is 6.10 Å². The van der Waals surface area contributed by atoms with Gasteiger partial charge >= 0.3 is 19.8 Å². The molecule has 1 aliphatic carbocycles. The number of phosphoric ester groups is 1. The zero-order chi connectivity index (χ0) is 42.0. The van der Waals surface area contributed by atoms with Gasteiger partial charge in [-0.15, -0.1) is 0 Å². The molecule has 5 N–H and O–H groups in total. The third-order valence-electron chi connectivity index (χ3n) is 11.1. The highest BCUT2D eigenvalue weighted by molar-refractivity contribution is 7.46. The van der Waals surface area contributed by atoms with Gasteiger partial charge in [0.1, 0.15) is 6.61 Å². The van der Waals surface area contributed by atoms with Crippen LogP contribution in [0, 0.1) is 11.8 Å². The lowest BCUT2D eigenvalue weighted by molar-refractivity contribution is -0.160. The van der Waals surface area contributed by atoms with Crippen molar-refractivity contribution in [2.75, 3.05) is 13.2 Å². The fourth-order valence-electron chi connectivity index (χ4n) is 7.58. The largest absolute Gasteiger partial charge is 0.469 e. The maximum Gasteiger partial charge on any atom is 0.469 e. The van der Waals surface area contributed by atoms with E-state index in [1.54, 1.807) is 24.3 Å². The SMILES string of the molecule is CCCCCCCCCCCCCCCCCCCCCCCC(=O)O[C@H](COC(=O)C/C=C\C[C@H]1[C@@H](/C=C/[C@H](O)CCCCC)[C@H](O)C[C@@H]1O)COP(=O)(O)O. The number of aliphatic hydroxyl groups excluding tert-OH is 3. The Balaban J connectivity index is 2.22. The quantitative estimate of drug-likeness (QED) is 0.0173. The van der Waals surface area contributed by atoms with Crippen LogP contribution >= 0.6 is 7.82 Å². The standard InChI is InChI=1S/C45H83O11P/c1-3-5-7-8-9-10-11-12-13-14-15-16-17-18-19-20-21-22-23-24-26-32-45(50)56-39(37-55-57(51,52)53)36-54-44(49)31-28-27-30-40-41(43(48)35-42(40)47)34-33-38(46)29-25-6-4-2/h27-28,33-34,38-43,46-48H,3-26,29-32,35-37H2,1-2H3,(H2,51,52,53)/b28-27-,34-33+/t38-,39-,40+,41-,42+,43-/m1/s1. The molecule has 1 aliphatic rings. The lowest BCUT2D eigenvalue weighted by Gasteiger charge is -2.19. The molecule has 0 aromatic carbocycles. The molecule has 334 valence electrons. The van der Waals surface area contributed by atoms with Crippen molar-refractivity contribution in [2.45, 2.75) is 224 Å². The topological polar surface area (TPSA) is 180 Å². The summed E-state index contributed by atoms with van der Waals surface area (Å²) in [6.07, 6.45) is 34.6. The summed E-state index contributed by atoms with van der Waals surface area (Å²) < 4.78 is 26.4. The molecule has 1 saturated carbocycles. The second kappa shape index (κ2) is 35.2. The number of unbranched alkanes of at least 4 members (excludes halogenated alkanes) is 22. The molecule has 0 spiro atoms. The molecule has 12 heteroatoms. The van der Waals surface area contributed by atoms with E-state index in [2.05, 4.69) is 18.4 Å². The average Bonchev–Trinajstić information content (AvgIpc) is 3.44. The van der Waals surface area contributed by atoms with Crippen LogP contribution in [0.5, 0.6) is 0 Å². The fourth-order valence-corrected chi connectivity index (χ4v) is 7.94. The first-order valence-electron chi connectivity index (χ1n) is 22.9. The lowest BCUT2D eigenvalue weighted by Crippen LogP contribution is -2.29. The number of carbonyl (C=O) groups is 2. The van der Waals surface area contributed by atoms with Gasteiger partial charge in [-0.1, -0.05) is 186 Å². The average molecular weight is 831 g/mol. The Bertz CT molecular complexity index is 1090. The highest BCUT2D eigenvalue weighted by Gasteiger charge is 2.39. The molecule has 0 saturated heterocycles. The molecule has 57 heavy (non-hydrogen) atoms. The number of carbonyl (C=O) groups excluding carboxylic acids is 2. The van der Waals surface area contributed by atoms with Crippen LogP contribution in [0.15, 0.2) is 24.3 Å². The van der Waals surface area contributed by atoms with E-state index >= 15 is 0 Å². The van der Waals surface area contributed by atoms with E-state index in [-0.39, 0.29) is 31.1 Å². The fraction of sp³-hybridized carbons (Fsp3) is 0.867. The summed E-state index contributed by atoms with van der Waals surface area (Å²) in [5.74, 6) is -1.78. The number of esters is 2. The Morgan fingerprint density at radius 3 is 1.67 bits per heavy atom. The summed E-state index contributed by atoms with van der Waals surface area (Å²) >= 11 is 0. The van der Waals surface area contributed by atoms with Gasteiger partial charge < -0.3 is 34.6 Å². The van der Waals surface area contributed by atoms with Crippen LogP contribution in [0.4, 0.5) is 0 Å². The smallest absolute Gasteiger partial charge is 0.461 e. The van der Waals surface area contributed by atoms with Crippen LogP contribution in [0.1, 0.15) is 200 Å². The molecule has 0 aromatic heterocycles. The summed E-state index contributed by atoms with van der Waals surface area (Å²) in [7, 11) is -4.83. The Morgan fingerprint density at radius 2 is 1.16 bits per heavy atom. The van der Waals surface area contributed by atoms with Gasteiger partial charge in [0.2, 0.25) is 0 Å². The number of ether oxygens (including phenoxy) is 2. The monoisotopic (exact) mass is 831 g/mol. The second-order valence-corrected chi connectivity index (χ2v) is 17.6. The first-order valence-corrected chi connectivity index (χ1v) is 24.4. The van der Waals surface area contributed by atoms with E-state index in [9.17, 15) is 29.5 Å². The van der Waals surface area contributed by atoms with Gasteiger partial charge in [0, 0.05) is 18.8 Å². The third-order valence-corrected chi connectivity index (χ3v) is 11.6. The van der Waals surface area contributed by atoms with Gasteiger partial charge in [-0.2, -0.15) is 0 Å². The highest BCUT2D eigenvalue weighted by Crippen LogP contribution is 2.37. The van der Waals surface area contributed by atoms with Crippen molar-refractivity contribution < 1.29 is 53.3 Å². The summed E-state index contributed by atoms with van der Waals surface area (Å²) in [5.41, 5.74) is 0. The summed E-state index contributed by atoms with van der Waals surface area (Å²) in [6.45, 7) is 3.32. The van der Waals surface area contributed by atoms with E-state index < -0.39 is 57.4 Å². The Hall–Kier alpha value is -1.59. The number of allylic oxidation sites excluding steroid dienone is 1. The van der Waals surface area contributed by atoms with E-state index in [0.29, 0.717) is 19.3 Å². The lowest BCUT2D eigenvalue weighted by atomic mass is 9.89. The minimum Gasteiger partial charge on any atom is -0.461 e. The summed E-state index contributed by atoms with van der Waals surface area (Å²) in [4.78, 5) is 43.2. The van der Waals surface area contributed by atoms with Crippen molar-refractivity contribution in [1.82, 2.24) is 0 Å². The van der Waals surface area contributed by atoms with Crippen molar-refractivity contribution in [3.8, 4) is 0 Å². The van der Waals surface area contributed by atoms with Crippen LogP contribution < -0.4 is 0 Å².